The number of aromatic carboxylic acids is 1. The molecule has 78 valence electrons. The lowest BCUT2D eigenvalue weighted by Crippen LogP contribution is -2.15. The van der Waals surface area contributed by atoms with Gasteiger partial charge in [-0.15, -0.1) is 12.3 Å². The maximum absolute atomic E-state index is 10.5. The Balaban J connectivity index is 2.43. The van der Waals surface area contributed by atoms with E-state index < -0.39 is 5.97 Å². The minimum absolute atomic E-state index is 0.197. The molecule has 0 fully saturated rings. The van der Waals surface area contributed by atoms with Crippen LogP contribution in [0.25, 0.3) is 0 Å². The van der Waals surface area contributed by atoms with E-state index in [2.05, 4.69) is 16.2 Å². The first-order valence-electron chi connectivity index (χ1n) is 4.56. The molecule has 0 bridgehead atoms. The quantitative estimate of drug-likeness (QED) is 0.552. The Hall–Kier alpha value is -1.86. The van der Waals surface area contributed by atoms with Crippen molar-refractivity contribution in [2.45, 2.75) is 13.0 Å². The van der Waals surface area contributed by atoms with E-state index >= 15 is 0 Å². The van der Waals surface area contributed by atoms with Crippen LogP contribution in [-0.2, 0) is 6.54 Å². The van der Waals surface area contributed by atoms with Crippen molar-refractivity contribution in [3.8, 4) is 12.3 Å². The maximum atomic E-state index is 10.5. The molecular weight excluding hydrogens is 192 g/mol. The maximum Gasteiger partial charge on any atom is 0.337 e. The normalized spacial score (nSPS) is 9.53. The third kappa shape index (κ3) is 3.79. The van der Waals surface area contributed by atoms with Crippen LogP contribution in [-0.4, -0.2) is 22.6 Å². The number of carboxylic acids is 1. The third-order valence-corrected chi connectivity index (χ3v) is 1.82. The number of nitrogens with zero attached hydrogens (tertiary/aromatic N) is 1. The van der Waals surface area contributed by atoms with E-state index in [1.165, 1.54) is 12.3 Å². The van der Waals surface area contributed by atoms with Gasteiger partial charge in [0.05, 0.1) is 11.3 Å². The zero-order valence-corrected chi connectivity index (χ0v) is 8.23. The predicted octanol–water partition coefficient (Wildman–Crippen LogP) is 0.893. The predicted molar refractivity (Wildman–Crippen MR) is 56.4 cm³/mol. The summed E-state index contributed by atoms with van der Waals surface area (Å²) in [7, 11) is 0. The van der Waals surface area contributed by atoms with E-state index in [1.807, 2.05) is 0 Å². The van der Waals surface area contributed by atoms with Gasteiger partial charge in [-0.1, -0.05) is 0 Å². The summed E-state index contributed by atoms with van der Waals surface area (Å²) in [4.78, 5) is 14.5. The van der Waals surface area contributed by atoms with Crippen molar-refractivity contribution in [3.63, 3.8) is 0 Å². The highest BCUT2D eigenvalue weighted by Gasteiger charge is 2.02. The van der Waals surface area contributed by atoms with Crippen LogP contribution in [0.2, 0.25) is 0 Å². The molecule has 0 unspecified atom stereocenters. The van der Waals surface area contributed by atoms with Crippen molar-refractivity contribution in [1.29, 1.82) is 0 Å². The summed E-state index contributed by atoms with van der Waals surface area (Å²) in [6.45, 7) is 1.33. The summed E-state index contributed by atoms with van der Waals surface area (Å²) in [5.74, 6) is 1.55. The van der Waals surface area contributed by atoms with Crippen LogP contribution in [0.1, 0.15) is 22.5 Å². The minimum Gasteiger partial charge on any atom is -0.478 e. The number of carbonyl (C=O) groups is 1. The van der Waals surface area contributed by atoms with Crippen molar-refractivity contribution in [2.75, 3.05) is 6.54 Å². The first-order chi connectivity index (χ1) is 7.24. The Morgan fingerprint density at radius 2 is 2.40 bits per heavy atom. The zero-order valence-electron chi connectivity index (χ0n) is 8.23. The Morgan fingerprint density at radius 3 is 2.93 bits per heavy atom. The molecule has 0 amide bonds. The fourth-order valence-electron chi connectivity index (χ4n) is 1.03. The molecule has 1 rings (SSSR count). The lowest BCUT2D eigenvalue weighted by molar-refractivity contribution is 0.0696. The molecule has 4 nitrogen and oxygen atoms in total. The molecule has 0 aliphatic carbocycles. The molecule has 0 saturated carbocycles. The Labute approximate surface area is 88.3 Å². The summed E-state index contributed by atoms with van der Waals surface area (Å²) < 4.78 is 0. The molecule has 1 aromatic rings. The first kappa shape index (κ1) is 11.2. The van der Waals surface area contributed by atoms with E-state index in [4.69, 9.17) is 11.5 Å². The number of nitrogens with one attached hydrogen (secondary N) is 1. The second kappa shape index (κ2) is 5.78. The lowest BCUT2D eigenvalue weighted by atomic mass is 10.2. The standard InChI is InChI=1S/C11H12N2O2/c1-2-3-6-12-8-10-5-4-9(7-13-10)11(14)15/h1,4-5,7,12H,3,6,8H2,(H,14,15). The molecule has 0 aliphatic rings. The smallest absolute Gasteiger partial charge is 0.337 e. The van der Waals surface area contributed by atoms with Gasteiger partial charge in [0.2, 0.25) is 0 Å². The zero-order chi connectivity index (χ0) is 11.1. The van der Waals surface area contributed by atoms with Crippen LogP contribution in [0.15, 0.2) is 18.3 Å². The van der Waals surface area contributed by atoms with E-state index in [0.717, 1.165) is 12.2 Å². The molecule has 1 aromatic heterocycles. The number of hydrogen-bond acceptors (Lipinski definition) is 3. The van der Waals surface area contributed by atoms with Crippen molar-refractivity contribution in [2.24, 2.45) is 0 Å². The lowest BCUT2D eigenvalue weighted by Gasteiger charge is -2.02. The van der Waals surface area contributed by atoms with Crippen molar-refractivity contribution in [3.05, 3.63) is 29.6 Å². The van der Waals surface area contributed by atoms with Gasteiger partial charge in [0, 0.05) is 25.7 Å². The highest BCUT2D eigenvalue weighted by Crippen LogP contribution is 1.99. The summed E-state index contributed by atoms with van der Waals surface area (Å²) in [6, 6.07) is 3.22. The minimum atomic E-state index is -0.964. The Bertz CT molecular complexity index is 365. The van der Waals surface area contributed by atoms with E-state index in [-0.39, 0.29) is 5.56 Å². The van der Waals surface area contributed by atoms with Crippen LogP contribution in [0.3, 0.4) is 0 Å². The summed E-state index contributed by atoms with van der Waals surface area (Å²) in [5.41, 5.74) is 0.999. The molecule has 0 saturated heterocycles. The third-order valence-electron chi connectivity index (χ3n) is 1.82. The van der Waals surface area contributed by atoms with Gasteiger partial charge in [-0.05, 0) is 12.1 Å². The van der Waals surface area contributed by atoms with Gasteiger partial charge in [-0.2, -0.15) is 0 Å². The number of rotatable bonds is 5. The molecule has 4 heteroatoms. The summed E-state index contributed by atoms with van der Waals surface area (Å²) in [5, 5.41) is 11.7. The molecule has 15 heavy (non-hydrogen) atoms. The number of hydrogen-bond donors (Lipinski definition) is 2. The summed E-state index contributed by atoms with van der Waals surface area (Å²) in [6.07, 6.45) is 7.11. The second-order valence-electron chi connectivity index (χ2n) is 2.97. The number of aromatic nitrogens is 1. The Kier molecular flexibility index (Phi) is 4.32. The monoisotopic (exact) mass is 204 g/mol. The van der Waals surface area contributed by atoms with Gasteiger partial charge >= 0.3 is 5.97 Å². The molecule has 0 atom stereocenters. The molecule has 0 aromatic carbocycles. The van der Waals surface area contributed by atoms with Crippen LogP contribution in [0.4, 0.5) is 0 Å². The highest BCUT2D eigenvalue weighted by molar-refractivity contribution is 5.87. The fraction of sp³-hybridized carbons (Fsp3) is 0.273. The molecule has 0 spiro atoms. The first-order valence-corrected chi connectivity index (χ1v) is 4.56. The molecule has 0 aliphatic heterocycles. The average molecular weight is 204 g/mol. The average Bonchev–Trinajstić information content (AvgIpc) is 2.25. The van der Waals surface area contributed by atoms with E-state index in [0.29, 0.717) is 13.0 Å². The molecule has 1 heterocycles. The van der Waals surface area contributed by atoms with Crippen LogP contribution in [0.5, 0.6) is 0 Å². The topological polar surface area (TPSA) is 62.2 Å². The number of pyridine rings is 1. The SMILES string of the molecule is C#CCCNCc1ccc(C(=O)O)cn1. The number of carboxylic acid groups (broad SMARTS) is 1. The second-order valence-corrected chi connectivity index (χ2v) is 2.97. The van der Waals surface area contributed by atoms with Crippen LogP contribution in [0, 0.1) is 12.3 Å². The van der Waals surface area contributed by atoms with Crippen molar-refractivity contribution in [1.82, 2.24) is 10.3 Å². The highest BCUT2D eigenvalue weighted by atomic mass is 16.4. The van der Waals surface area contributed by atoms with Gasteiger partial charge in [0.15, 0.2) is 0 Å². The molecule has 0 radical (unpaired) electrons. The van der Waals surface area contributed by atoms with Gasteiger partial charge in [-0.3, -0.25) is 4.98 Å². The van der Waals surface area contributed by atoms with Crippen molar-refractivity contribution < 1.29 is 9.90 Å². The van der Waals surface area contributed by atoms with E-state index in [1.54, 1.807) is 6.07 Å². The van der Waals surface area contributed by atoms with Gasteiger partial charge in [0.25, 0.3) is 0 Å². The fourth-order valence-corrected chi connectivity index (χ4v) is 1.03. The summed E-state index contributed by atoms with van der Waals surface area (Å²) >= 11 is 0. The van der Waals surface area contributed by atoms with Crippen LogP contribution < -0.4 is 5.32 Å². The molecular formula is C11H12N2O2. The van der Waals surface area contributed by atoms with Crippen LogP contribution >= 0.6 is 0 Å². The van der Waals surface area contributed by atoms with E-state index in [9.17, 15) is 4.79 Å². The Morgan fingerprint density at radius 1 is 1.60 bits per heavy atom. The van der Waals surface area contributed by atoms with Crippen molar-refractivity contribution >= 4 is 5.97 Å². The van der Waals surface area contributed by atoms with Gasteiger partial charge in [0.1, 0.15) is 0 Å². The number of terminal acetylenes is 1. The van der Waals surface area contributed by atoms with Gasteiger partial charge < -0.3 is 10.4 Å². The largest absolute Gasteiger partial charge is 0.478 e. The van der Waals surface area contributed by atoms with Gasteiger partial charge in [-0.25, -0.2) is 4.79 Å². The molecule has 2 N–H and O–H groups in total.